The van der Waals surface area contributed by atoms with Gasteiger partial charge in [0.25, 0.3) is 5.91 Å². The Hall–Kier alpha value is -1.60. The quantitative estimate of drug-likeness (QED) is 0.730. The molecule has 8 heteroatoms. The Morgan fingerprint density at radius 1 is 1.60 bits per heavy atom. The fourth-order valence-corrected chi connectivity index (χ4v) is 2.50. The van der Waals surface area contributed by atoms with E-state index in [4.69, 9.17) is 17.3 Å². The molecule has 6 nitrogen and oxygen atoms in total. The van der Waals surface area contributed by atoms with Gasteiger partial charge >= 0.3 is 0 Å². The molecule has 0 spiro atoms. The van der Waals surface area contributed by atoms with Crippen LogP contribution < -0.4 is 11.1 Å². The van der Waals surface area contributed by atoms with Crippen molar-refractivity contribution < 1.29 is 14.0 Å². The summed E-state index contributed by atoms with van der Waals surface area (Å²) in [5, 5.41) is 3.13. The number of H-pyrrole nitrogens is 1. The lowest BCUT2D eigenvalue weighted by Gasteiger charge is -2.22. The summed E-state index contributed by atoms with van der Waals surface area (Å²) in [5.41, 5.74) is 5.46. The number of hydrogen-bond acceptors (Lipinski definition) is 3. The second kappa shape index (κ2) is 6.23. The normalized spacial score (nSPS) is 22.9. The first-order valence-electron chi connectivity index (χ1n) is 6.24. The minimum Gasteiger partial charge on any atom is -0.369 e. The summed E-state index contributed by atoms with van der Waals surface area (Å²) >= 11 is 5.71. The SMILES string of the molecule is NC(=O)CN1C[C@@H](F)C[C@H]1CNC(=O)c1cc(Cl)c[nH]1. The third-order valence-electron chi connectivity index (χ3n) is 3.23. The van der Waals surface area contributed by atoms with Gasteiger partial charge in [-0.1, -0.05) is 11.6 Å². The van der Waals surface area contributed by atoms with Crippen LogP contribution in [0.3, 0.4) is 0 Å². The zero-order chi connectivity index (χ0) is 14.7. The lowest BCUT2D eigenvalue weighted by Crippen LogP contribution is -2.43. The van der Waals surface area contributed by atoms with E-state index in [0.29, 0.717) is 10.7 Å². The zero-order valence-electron chi connectivity index (χ0n) is 10.7. The van der Waals surface area contributed by atoms with E-state index in [1.165, 1.54) is 12.3 Å². The monoisotopic (exact) mass is 302 g/mol. The highest BCUT2D eigenvalue weighted by atomic mass is 35.5. The van der Waals surface area contributed by atoms with Crippen LogP contribution in [-0.4, -0.2) is 53.5 Å². The standard InChI is InChI=1S/C12H16ClFN4O2/c13-7-1-10(16-3-7)12(20)17-4-9-2-8(14)5-18(9)6-11(15)19/h1,3,8-9,16H,2,4-6H2,(H2,15,19)(H,17,20)/t8-,9-/m0/s1. The van der Waals surface area contributed by atoms with Crippen LogP contribution in [-0.2, 0) is 4.79 Å². The largest absolute Gasteiger partial charge is 0.369 e. The molecular weight excluding hydrogens is 287 g/mol. The molecule has 0 saturated carbocycles. The number of aromatic amines is 1. The van der Waals surface area contributed by atoms with Crippen LogP contribution in [0.2, 0.25) is 5.02 Å². The summed E-state index contributed by atoms with van der Waals surface area (Å²) in [4.78, 5) is 27.1. The number of aromatic nitrogens is 1. The first-order chi connectivity index (χ1) is 9.45. The molecule has 4 N–H and O–H groups in total. The zero-order valence-corrected chi connectivity index (χ0v) is 11.5. The van der Waals surface area contributed by atoms with Crippen molar-refractivity contribution in [3.8, 4) is 0 Å². The lowest BCUT2D eigenvalue weighted by atomic mass is 10.2. The number of amides is 2. The van der Waals surface area contributed by atoms with Gasteiger partial charge in [-0.05, 0) is 12.5 Å². The summed E-state index contributed by atoms with van der Waals surface area (Å²) in [6.07, 6.45) is 0.776. The Morgan fingerprint density at radius 3 is 2.95 bits per heavy atom. The first kappa shape index (κ1) is 14.8. The van der Waals surface area contributed by atoms with Gasteiger partial charge in [0.1, 0.15) is 11.9 Å². The number of nitrogens with two attached hydrogens (primary N) is 1. The number of nitrogens with zero attached hydrogens (tertiary/aromatic N) is 1. The Morgan fingerprint density at radius 2 is 2.35 bits per heavy atom. The van der Waals surface area contributed by atoms with E-state index in [0.717, 1.165) is 0 Å². The van der Waals surface area contributed by atoms with E-state index in [1.807, 2.05) is 0 Å². The molecule has 1 aliphatic heterocycles. The number of nitrogens with one attached hydrogen (secondary N) is 2. The molecule has 0 unspecified atom stereocenters. The van der Waals surface area contributed by atoms with Crippen LogP contribution >= 0.6 is 11.6 Å². The number of rotatable bonds is 5. The van der Waals surface area contributed by atoms with Crippen LogP contribution in [0.1, 0.15) is 16.9 Å². The molecule has 1 aromatic heterocycles. The average molecular weight is 303 g/mol. The second-order valence-electron chi connectivity index (χ2n) is 4.82. The van der Waals surface area contributed by atoms with E-state index >= 15 is 0 Å². The van der Waals surface area contributed by atoms with Gasteiger partial charge in [0.05, 0.1) is 11.6 Å². The summed E-state index contributed by atoms with van der Waals surface area (Å²) in [6.45, 7) is 0.413. The molecule has 0 aromatic carbocycles. The molecule has 1 aromatic rings. The molecule has 0 aliphatic carbocycles. The Kier molecular flexibility index (Phi) is 4.61. The predicted molar refractivity (Wildman–Crippen MR) is 72.2 cm³/mol. The first-order valence-corrected chi connectivity index (χ1v) is 6.62. The molecule has 2 rings (SSSR count). The minimum atomic E-state index is -1.00. The number of carbonyl (C=O) groups is 2. The maximum atomic E-state index is 13.4. The number of carbonyl (C=O) groups excluding carboxylic acids is 2. The van der Waals surface area contributed by atoms with Crippen LogP contribution in [0.25, 0.3) is 0 Å². The number of alkyl halides is 1. The van der Waals surface area contributed by atoms with E-state index in [1.54, 1.807) is 4.90 Å². The molecule has 0 bridgehead atoms. The second-order valence-corrected chi connectivity index (χ2v) is 5.26. The molecule has 1 saturated heterocycles. The highest BCUT2D eigenvalue weighted by Gasteiger charge is 2.32. The molecule has 20 heavy (non-hydrogen) atoms. The van der Waals surface area contributed by atoms with Gasteiger partial charge in [0.2, 0.25) is 5.91 Å². The number of likely N-dealkylation sites (tertiary alicyclic amines) is 1. The fourth-order valence-electron chi connectivity index (χ4n) is 2.33. The van der Waals surface area contributed by atoms with Crippen molar-refractivity contribution in [3.63, 3.8) is 0 Å². The van der Waals surface area contributed by atoms with Gasteiger partial charge in [0, 0.05) is 25.3 Å². The molecule has 2 amide bonds. The molecule has 1 fully saturated rings. The summed E-state index contributed by atoms with van der Waals surface area (Å²) in [6, 6.07) is 1.27. The summed E-state index contributed by atoms with van der Waals surface area (Å²) in [5.74, 6) is -0.829. The molecule has 2 atom stereocenters. The summed E-state index contributed by atoms with van der Waals surface area (Å²) in [7, 11) is 0. The van der Waals surface area contributed by atoms with Crippen LogP contribution in [0, 0.1) is 0 Å². The highest BCUT2D eigenvalue weighted by molar-refractivity contribution is 6.30. The van der Waals surface area contributed by atoms with Crippen LogP contribution in [0.4, 0.5) is 4.39 Å². The van der Waals surface area contributed by atoms with Crippen molar-refractivity contribution >= 4 is 23.4 Å². The third-order valence-corrected chi connectivity index (χ3v) is 3.44. The van der Waals surface area contributed by atoms with Gasteiger partial charge < -0.3 is 16.0 Å². The van der Waals surface area contributed by atoms with E-state index in [9.17, 15) is 14.0 Å². The van der Waals surface area contributed by atoms with Gasteiger partial charge in [-0.25, -0.2) is 4.39 Å². The Balaban J connectivity index is 1.88. The number of hydrogen-bond donors (Lipinski definition) is 3. The van der Waals surface area contributed by atoms with E-state index < -0.39 is 12.1 Å². The van der Waals surface area contributed by atoms with Gasteiger partial charge in [-0.15, -0.1) is 0 Å². The van der Waals surface area contributed by atoms with Crippen molar-refractivity contribution in [1.82, 2.24) is 15.2 Å². The number of primary amides is 1. The van der Waals surface area contributed by atoms with Crippen LogP contribution in [0.15, 0.2) is 12.3 Å². The molecule has 1 aliphatic rings. The van der Waals surface area contributed by atoms with Crippen molar-refractivity contribution in [3.05, 3.63) is 23.0 Å². The fraction of sp³-hybridized carbons (Fsp3) is 0.500. The molecule has 0 radical (unpaired) electrons. The third kappa shape index (κ3) is 3.71. The van der Waals surface area contributed by atoms with Gasteiger partial charge in [0.15, 0.2) is 0 Å². The Bertz CT molecular complexity index is 507. The molecular formula is C12H16ClFN4O2. The smallest absolute Gasteiger partial charge is 0.267 e. The van der Waals surface area contributed by atoms with E-state index in [-0.39, 0.29) is 38.0 Å². The summed E-state index contributed by atoms with van der Waals surface area (Å²) < 4.78 is 13.4. The van der Waals surface area contributed by atoms with Gasteiger partial charge in [-0.3, -0.25) is 14.5 Å². The average Bonchev–Trinajstić information content (AvgIpc) is 2.92. The maximum absolute atomic E-state index is 13.4. The minimum absolute atomic E-state index is 0.00468. The van der Waals surface area contributed by atoms with E-state index in [2.05, 4.69) is 10.3 Å². The maximum Gasteiger partial charge on any atom is 0.267 e. The molecule has 2 heterocycles. The highest BCUT2D eigenvalue weighted by Crippen LogP contribution is 2.19. The van der Waals surface area contributed by atoms with Crippen molar-refractivity contribution in [1.29, 1.82) is 0 Å². The molecule has 110 valence electrons. The lowest BCUT2D eigenvalue weighted by molar-refractivity contribution is -0.119. The van der Waals surface area contributed by atoms with Gasteiger partial charge in [-0.2, -0.15) is 0 Å². The van der Waals surface area contributed by atoms with Crippen molar-refractivity contribution in [2.45, 2.75) is 18.6 Å². The topological polar surface area (TPSA) is 91.2 Å². The number of halogens is 2. The Labute approximate surface area is 120 Å². The van der Waals surface area contributed by atoms with Crippen LogP contribution in [0.5, 0.6) is 0 Å². The predicted octanol–water partition coefficient (Wildman–Crippen LogP) is 0.296. The van der Waals surface area contributed by atoms with Crippen molar-refractivity contribution in [2.24, 2.45) is 5.73 Å². The van der Waals surface area contributed by atoms with Crippen molar-refractivity contribution in [2.75, 3.05) is 19.6 Å².